The lowest BCUT2D eigenvalue weighted by Crippen LogP contribution is -2.52. The number of aryl methyl sites for hydroxylation is 1. The van der Waals surface area contributed by atoms with Gasteiger partial charge >= 0.3 is 5.97 Å². The van der Waals surface area contributed by atoms with Gasteiger partial charge in [0.1, 0.15) is 0 Å². The van der Waals surface area contributed by atoms with Crippen molar-refractivity contribution in [2.24, 2.45) is 17.8 Å². The van der Waals surface area contributed by atoms with Crippen molar-refractivity contribution in [1.29, 1.82) is 0 Å². The monoisotopic (exact) mass is 472 g/mol. The summed E-state index contributed by atoms with van der Waals surface area (Å²) in [6.07, 6.45) is 0.560. The highest BCUT2D eigenvalue weighted by Gasteiger charge is 2.59. The van der Waals surface area contributed by atoms with Gasteiger partial charge in [0.25, 0.3) is 0 Å². The summed E-state index contributed by atoms with van der Waals surface area (Å²) in [6.45, 7) is 10.0. The van der Waals surface area contributed by atoms with Gasteiger partial charge in [-0.2, -0.15) is 0 Å². The van der Waals surface area contributed by atoms with Crippen LogP contribution in [-0.2, 0) is 19.4 Å². The molecule has 1 saturated carbocycles. The van der Waals surface area contributed by atoms with Gasteiger partial charge in [-0.15, -0.1) is 6.58 Å². The second kappa shape index (κ2) is 9.33. The summed E-state index contributed by atoms with van der Waals surface area (Å²) in [5.41, 5.74) is 0.640. The predicted octanol–water partition coefficient (Wildman–Crippen LogP) is 3.34. The van der Waals surface area contributed by atoms with E-state index < -0.39 is 47.7 Å². The van der Waals surface area contributed by atoms with Gasteiger partial charge < -0.3 is 9.84 Å². The molecule has 0 aliphatic heterocycles. The average molecular weight is 473 g/mol. The van der Waals surface area contributed by atoms with Crippen molar-refractivity contribution in [2.45, 2.75) is 36.6 Å². The molecule has 0 saturated heterocycles. The Morgan fingerprint density at radius 2 is 1.72 bits per heavy atom. The molecule has 1 aliphatic carbocycles. The van der Waals surface area contributed by atoms with Crippen molar-refractivity contribution in [1.82, 2.24) is 0 Å². The lowest BCUT2D eigenvalue weighted by molar-refractivity contribution is -0.148. The van der Waals surface area contributed by atoms with Crippen LogP contribution < -0.4 is 5.19 Å². The van der Waals surface area contributed by atoms with E-state index in [0.29, 0.717) is 0 Å². The fraction of sp³-hybridized carbons (Fsp3) is 0.400. The number of sulfone groups is 1. The molecule has 7 heteroatoms. The molecule has 3 rings (SSSR count). The molecule has 5 nitrogen and oxygen atoms in total. The molecule has 2 aromatic carbocycles. The molecule has 1 fully saturated rings. The number of carbonyl (C=O) groups is 1. The first-order valence-corrected chi connectivity index (χ1v) is 15.5. The van der Waals surface area contributed by atoms with Gasteiger partial charge in [0.05, 0.1) is 37.9 Å². The van der Waals surface area contributed by atoms with E-state index in [9.17, 15) is 18.3 Å². The minimum absolute atomic E-state index is 0.161. The van der Waals surface area contributed by atoms with Gasteiger partial charge in [0.15, 0.2) is 9.84 Å². The standard InChI is InChI=1S/C25H32O5SSi/c1-6-20-21(16-31(28,29)18-14-12-17(2)13-15-18)24(22(23(20)26)25(27)30-3)32(4,5)19-10-8-7-9-11-19/h6-15,20-24,26H,1,16H2,2-5H3/t20-,21+,22-,23+,24-/m1/s1. The van der Waals surface area contributed by atoms with Crippen LogP contribution in [-0.4, -0.2) is 46.5 Å². The van der Waals surface area contributed by atoms with E-state index in [-0.39, 0.29) is 16.2 Å². The maximum Gasteiger partial charge on any atom is 0.311 e. The van der Waals surface area contributed by atoms with E-state index in [1.54, 1.807) is 30.3 Å². The van der Waals surface area contributed by atoms with Gasteiger partial charge in [0.2, 0.25) is 0 Å². The van der Waals surface area contributed by atoms with Crippen LogP contribution >= 0.6 is 0 Å². The molecule has 1 aliphatic rings. The number of aliphatic hydroxyl groups excluding tert-OH is 1. The Balaban J connectivity index is 2.12. The van der Waals surface area contributed by atoms with Gasteiger partial charge in [-0.05, 0) is 30.5 Å². The smallest absolute Gasteiger partial charge is 0.311 e. The Morgan fingerprint density at radius 1 is 1.12 bits per heavy atom. The number of aliphatic hydroxyl groups is 1. The predicted molar refractivity (Wildman–Crippen MR) is 129 cm³/mol. The second-order valence-corrected chi connectivity index (χ2v) is 15.9. The molecule has 0 radical (unpaired) electrons. The maximum atomic E-state index is 13.4. The number of methoxy groups -OCH3 is 1. The molecule has 0 spiro atoms. The molecular formula is C25H32O5SSi. The van der Waals surface area contributed by atoms with Gasteiger partial charge in [-0.1, -0.05) is 72.4 Å². The van der Waals surface area contributed by atoms with Crippen molar-refractivity contribution >= 4 is 29.1 Å². The molecule has 1 N–H and O–H groups in total. The second-order valence-electron chi connectivity index (χ2n) is 9.22. The van der Waals surface area contributed by atoms with E-state index in [2.05, 4.69) is 19.7 Å². The number of hydrogen-bond acceptors (Lipinski definition) is 5. The normalized spacial score (nSPS) is 26.0. The summed E-state index contributed by atoms with van der Waals surface area (Å²) >= 11 is 0. The first-order valence-electron chi connectivity index (χ1n) is 10.8. The molecule has 0 unspecified atom stereocenters. The third-order valence-electron chi connectivity index (χ3n) is 6.99. The zero-order valence-corrected chi connectivity index (χ0v) is 20.9. The number of ether oxygens (including phenoxy) is 1. The average Bonchev–Trinajstić information content (AvgIpc) is 3.05. The number of carbonyl (C=O) groups excluding carboxylic acids is 1. The highest BCUT2D eigenvalue weighted by atomic mass is 32.2. The molecule has 0 amide bonds. The lowest BCUT2D eigenvalue weighted by Gasteiger charge is -2.37. The molecule has 5 atom stereocenters. The van der Waals surface area contributed by atoms with Crippen LogP contribution in [0.3, 0.4) is 0 Å². The van der Waals surface area contributed by atoms with E-state index in [1.165, 1.54) is 7.11 Å². The zero-order valence-electron chi connectivity index (χ0n) is 19.1. The number of esters is 1. The van der Waals surface area contributed by atoms with Crippen molar-refractivity contribution in [3.63, 3.8) is 0 Å². The molecule has 32 heavy (non-hydrogen) atoms. The highest BCUT2D eigenvalue weighted by molar-refractivity contribution is 7.91. The Morgan fingerprint density at radius 3 is 2.25 bits per heavy atom. The Kier molecular flexibility index (Phi) is 7.12. The van der Waals surface area contributed by atoms with Crippen molar-refractivity contribution in [3.05, 3.63) is 72.8 Å². The third kappa shape index (κ3) is 4.47. The van der Waals surface area contributed by atoms with Crippen LogP contribution in [0.2, 0.25) is 18.6 Å². The Hall–Kier alpha value is -2.22. The first kappa shape index (κ1) is 24.4. The quantitative estimate of drug-likeness (QED) is 0.380. The zero-order chi connectivity index (χ0) is 23.7. The van der Waals surface area contributed by atoms with E-state index in [1.807, 2.05) is 37.3 Å². The van der Waals surface area contributed by atoms with Crippen molar-refractivity contribution in [3.8, 4) is 0 Å². The minimum Gasteiger partial charge on any atom is -0.469 e. The largest absolute Gasteiger partial charge is 0.469 e. The summed E-state index contributed by atoms with van der Waals surface area (Å²) in [5, 5.41) is 12.3. The lowest BCUT2D eigenvalue weighted by atomic mass is 9.96. The fourth-order valence-electron chi connectivity index (χ4n) is 5.30. The molecule has 0 aromatic heterocycles. The van der Waals surface area contributed by atoms with Crippen LogP contribution in [0.4, 0.5) is 0 Å². The topological polar surface area (TPSA) is 80.7 Å². The first-order chi connectivity index (χ1) is 15.0. The summed E-state index contributed by atoms with van der Waals surface area (Å²) in [7, 11) is -4.77. The number of benzene rings is 2. The van der Waals surface area contributed by atoms with Gasteiger partial charge in [-0.3, -0.25) is 4.79 Å². The van der Waals surface area contributed by atoms with Gasteiger partial charge in [0, 0.05) is 5.92 Å². The summed E-state index contributed by atoms with van der Waals surface area (Å²) in [6, 6.07) is 16.7. The van der Waals surface area contributed by atoms with Crippen molar-refractivity contribution in [2.75, 3.05) is 12.9 Å². The minimum atomic E-state index is -3.65. The Labute approximate surface area is 192 Å². The molecule has 0 bridgehead atoms. The van der Waals surface area contributed by atoms with Crippen LogP contribution in [0, 0.1) is 24.7 Å². The third-order valence-corrected chi connectivity index (χ3v) is 13.1. The summed E-state index contributed by atoms with van der Waals surface area (Å²) < 4.78 is 31.9. The van der Waals surface area contributed by atoms with Crippen molar-refractivity contribution < 1.29 is 23.1 Å². The number of rotatable bonds is 7. The SMILES string of the molecule is C=C[C@H]1[C@H](O)[C@@H](C(=O)OC)[C@H]([Si](C)(C)c2ccccc2)[C@H]1CS(=O)(=O)c1ccc(C)cc1. The van der Waals surface area contributed by atoms with Crippen LogP contribution in [0.25, 0.3) is 0 Å². The highest BCUT2D eigenvalue weighted by Crippen LogP contribution is 2.52. The molecule has 172 valence electrons. The summed E-state index contributed by atoms with van der Waals surface area (Å²) in [5.74, 6) is -2.45. The maximum absolute atomic E-state index is 13.4. The molecule has 2 aromatic rings. The van der Waals surface area contributed by atoms with Crippen LogP contribution in [0.1, 0.15) is 5.56 Å². The molecular weight excluding hydrogens is 440 g/mol. The molecule has 0 heterocycles. The Bertz CT molecular complexity index is 1060. The van der Waals surface area contributed by atoms with E-state index in [4.69, 9.17) is 4.74 Å². The fourth-order valence-corrected chi connectivity index (χ4v) is 11.2. The summed E-state index contributed by atoms with van der Waals surface area (Å²) in [4.78, 5) is 13.1. The van der Waals surface area contributed by atoms with Gasteiger partial charge in [-0.25, -0.2) is 8.42 Å². The van der Waals surface area contributed by atoms with Crippen LogP contribution in [0.5, 0.6) is 0 Å². The number of hydrogen-bond donors (Lipinski definition) is 1. The van der Waals surface area contributed by atoms with Crippen LogP contribution in [0.15, 0.2) is 72.1 Å². The van der Waals surface area contributed by atoms with E-state index >= 15 is 0 Å². The van der Waals surface area contributed by atoms with E-state index in [0.717, 1.165) is 10.8 Å².